The van der Waals surface area contributed by atoms with Gasteiger partial charge in [0.05, 0.1) is 0 Å². The van der Waals surface area contributed by atoms with Crippen LogP contribution in [0.3, 0.4) is 0 Å². The fraction of sp³-hybridized carbons (Fsp3) is 0.643. The molecule has 0 amide bonds. The highest BCUT2D eigenvalue weighted by Gasteiger charge is 2.18. The lowest BCUT2D eigenvalue weighted by molar-refractivity contribution is 0.411. The lowest BCUT2D eigenvalue weighted by atomic mass is 9.88. The third kappa shape index (κ3) is 5.15. The highest BCUT2D eigenvalue weighted by Crippen LogP contribution is 2.20. The summed E-state index contributed by atoms with van der Waals surface area (Å²) in [4.78, 5) is 0. The van der Waals surface area contributed by atoms with Crippen LogP contribution in [0.4, 0.5) is 0 Å². The molecule has 0 aromatic heterocycles. The minimum Gasteiger partial charge on any atom is -0.273 e. The molecule has 0 fully saturated rings. The Kier molecular flexibility index (Phi) is 6.09. The van der Waals surface area contributed by atoms with Gasteiger partial charge in [-0.2, -0.15) is 5.10 Å². The van der Waals surface area contributed by atoms with E-state index in [9.17, 15) is 0 Å². The molecule has 0 heterocycles. The second kappa shape index (κ2) is 6.51. The Balaban J connectivity index is 4.93. The van der Waals surface area contributed by atoms with E-state index in [-0.39, 0.29) is 5.41 Å². The van der Waals surface area contributed by atoms with E-state index in [2.05, 4.69) is 65.0 Å². The highest BCUT2D eigenvalue weighted by molar-refractivity contribution is 5.88. The molecular weight excluding hydrogens is 196 g/mol. The van der Waals surface area contributed by atoms with Gasteiger partial charge < -0.3 is 0 Å². The zero-order chi connectivity index (χ0) is 12.8. The van der Waals surface area contributed by atoms with Crippen LogP contribution in [0.15, 0.2) is 29.0 Å². The summed E-state index contributed by atoms with van der Waals surface area (Å²) in [5.74, 6) is 0. The Labute approximate surface area is 101 Å². The van der Waals surface area contributed by atoms with Crippen molar-refractivity contribution in [2.24, 2.45) is 10.5 Å². The first-order valence-electron chi connectivity index (χ1n) is 5.94. The first-order valence-corrected chi connectivity index (χ1v) is 5.94. The standard InChI is InChI=1S/C14H26N2/c1-8-10-14(6,7)13(5)15-16(9-2)11-12(3)4/h8,10-11H,9H2,1-7H3/b10-8-,15-13+. The SMILES string of the molecule is C/C=C\C(C)(C)/C(C)=N/N(C=C(C)C)CC. The van der Waals surface area contributed by atoms with Crippen molar-refractivity contribution in [2.75, 3.05) is 6.54 Å². The quantitative estimate of drug-likeness (QED) is 0.386. The van der Waals surface area contributed by atoms with Crippen LogP contribution in [-0.4, -0.2) is 17.3 Å². The molecule has 0 aromatic carbocycles. The monoisotopic (exact) mass is 222 g/mol. The van der Waals surface area contributed by atoms with Crippen LogP contribution in [-0.2, 0) is 0 Å². The minimum absolute atomic E-state index is 0.0255. The fourth-order valence-corrected chi connectivity index (χ4v) is 1.35. The summed E-state index contributed by atoms with van der Waals surface area (Å²) in [5.41, 5.74) is 2.42. The summed E-state index contributed by atoms with van der Waals surface area (Å²) in [5, 5.41) is 6.64. The molecule has 0 bridgehead atoms. The van der Waals surface area contributed by atoms with E-state index in [1.165, 1.54) is 5.57 Å². The van der Waals surface area contributed by atoms with Crippen molar-refractivity contribution in [3.63, 3.8) is 0 Å². The van der Waals surface area contributed by atoms with E-state index < -0.39 is 0 Å². The molecule has 92 valence electrons. The van der Waals surface area contributed by atoms with Gasteiger partial charge in [0.25, 0.3) is 0 Å². The van der Waals surface area contributed by atoms with Crippen molar-refractivity contribution in [2.45, 2.75) is 48.5 Å². The summed E-state index contributed by atoms with van der Waals surface area (Å²) in [6.07, 6.45) is 6.34. The predicted octanol–water partition coefficient (Wildman–Crippen LogP) is 4.21. The van der Waals surface area contributed by atoms with Crippen LogP contribution >= 0.6 is 0 Å². The Morgan fingerprint density at radius 1 is 1.25 bits per heavy atom. The van der Waals surface area contributed by atoms with Gasteiger partial charge in [-0.05, 0) is 34.6 Å². The summed E-state index contributed by atoms with van der Waals surface area (Å²) < 4.78 is 0. The summed E-state index contributed by atoms with van der Waals surface area (Å²) in [7, 11) is 0. The van der Waals surface area contributed by atoms with Crippen molar-refractivity contribution in [1.82, 2.24) is 5.01 Å². The molecule has 0 radical (unpaired) electrons. The number of nitrogens with zero attached hydrogens (tertiary/aromatic N) is 2. The zero-order valence-corrected chi connectivity index (χ0v) is 11.8. The van der Waals surface area contributed by atoms with Crippen LogP contribution in [0.25, 0.3) is 0 Å². The second-order valence-electron chi connectivity index (χ2n) is 4.87. The predicted molar refractivity (Wildman–Crippen MR) is 73.5 cm³/mol. The number of allylic oxidation sites excluding steroid dienone is 3. The van der Waals surface area contributed by atoms with Crippen LogP contribution in [0.1, 0.15) is 48.5 Å². The molecule has 0 aliphatic carbocycles. The Bertz CT molecular complexity index is 292. The molecule has 0 atom stereocenters. The van der Waals surface area contributed by atoms with Gasteiger partial charge in [-0.3, -0.25) is 5.01 Å². The number of hydrazone groups is 1. The van der Waals surface area contributed by atoms with Crippen molar-refractivity contribution in [3.8, 4) is 0 Å². The average molecular weight is 222 g/mol. The summed E-state index contributed by atoms with van der Waals surface area (Å²) in [6.45, 7) is 15.7. The maximum Gasteiger partial charge on any atom is 0.0447 e. The maximum atomic E-state index is 4.65. The van der Waals surface area contributed by atoms with E-state index in [0.29, 0.717) is 0 Å². The number of hydrogen-bond donors (Lipinski definition) is 0. The minimum atomic E-state index is 0.0255. The van der Waals surface area contributed by atoms with Crippen LogP contribution in [0.2, 0.25) is 0 Å². The van der Waals surface area contributed by atoms with E-state index >= 15 is 0 Å². The van der Waals surface area contributed by atoms with Crippen molar-refractivity contribution in [3.05, 3.63) is 23.9 Å². The van der Waals surface area contributed by atoms with Gasteiger partial charge in [0.2, 0.25) is 0 Å². The Hall–Kier alpha value is -1.05. The topological polar surface area (TPSA) is 15.6 Å². The first-order chi connectivity index (χ1) is 7.33. The lowest BCUT2D eigenvalue weighted by Gasteiger charge is -2.23. The van der Waals surface area contributed by atoms with Gasteiger partial charge in [0, 0.05) is 23.9 Å². The molecule has 0 aromatic rings. The smallest absolute Gasteiger partial charge is 0.0447 e. The highest BCUT2D eigenvalue weighted by atomic mass is 15.4. The third-order valence-corrected chi connectivity index (χ3v) is 2.53. The molecule has 0 saturated heterocycles. The fourth-order valence-electron chi connectivity index (χ4n) is 1.35. The van der Waals surface area contributed by atoms with E-state index in [4.69, 9.17) is 0 Å². The largest absolute Gasteiger partial charge is 0.273 e. The molecule has 0 spiro atoms. The average Bonchev–Trinajstić information content (AvgIpc) is 2.15. The molecule has 0 aliphatic heterocycles. The lowest BCUT2D eigenvalue weighted by Crippen LogP contribution is -2.23. The maximum absolute atomic E-state index is 4.65. The molecule has 0 saturated carbocycles. The van der Waals surface area contributed by atoms with Gasteiger partial charge in [0.1, 0.15) is 0 Å². The van der Waals surface area contributed by atoms with Gasteiger partial charge >= 0.3 is 0 Å². The van der Waals surface area contributed by atoms with Crippen LogP contribution < -0.4 is 0 Å². The summed E-state index contributed by atoms with van der Waals surface area (Å²) >= 11 is 0. The van der Waals surface area contributed by atoms with Crippen LogP contribution in [0.5, 0.6) is 0 Å². The third-order valence-electron chi connectivity index (χ3n) is 2.53. The molecule has 16 heavy (non-hydrogen) atoms. The molecule has 0 aliphatic rings. The molecule has 2 nitrogen and oxygen atoms in total. The normalized spacial score (nSPS) is 13.1. The van der Waals surface area contributed by atoms with Gasteiger partial charge in [0.15, 0.2) is 0 Å². The Morgan fingerprint density at radius 3 is 2.19 bits per heavy atom. The summed E-state index contributed by atoms with van der Waals surface area (Å²) in [6, 6.07) is 0. The Morgan fingerprint density at radius 2 is 1.81 bits per heavy atom. The second-order valence-corrected chi connectivity index (χ2v) is 4.87. The zero-order valence-electron chi connectivity index (χ0n) is 11.8. The van der Waals surface area contributed by atoms with Crippen molar-refractivity contribution < 1.29 is 0 Å². The van der Waals surface area contributed by atoms with Crippen LogP contribution in [0, 0.1) is 5.41 Å². The van der Waals surface area contributed by atoms with E-state index in [1.807, 2.05) is 11.9 Å². The van der Waals surface area contributed by atoms with Crippen molar-refractivity contribution in [1.29, 1.82) is 0 Å². The van der Waals surface area contributed by atoms with Gasteiger partial charge in [-0.25, -0.2) is 0 Å². The van der Waals surface area contributed by atoms with Gasteiger partial charge in [-0.15, -0.1) is 0 Å². The van der Waals surface area contributed by atoms with Crippen molar-refractivity contribution >= 4 is 5.71 Å². The molecule has 0 unspecified atom stereocenters. The van der Waals surface area contributed by atoms with Gasteiger partial charge in [-0.1, -0.05) is 31.6 Å². The van der Waals surface area contributed by atoms with E-state index in [1.54, 1.807) is 0 Å². The molecule has 0 N–H and O–H groups in total. The molecule has 0 rings (SSSR count). The first kappa shape index (κ1) is 14.9. The molecular formula is C14H26N2. The number of rotatable bonds is 5. The molecule has 2 heteroatoms. The number of hydrogen-bond acceptors (Lipinski definition) is 2. The van der Waals surface area contributed by atoms with E-state index in [0.717, 1.165) is 12.3 Å².